The van der Waals surface area contributed by atoms with E-state index in [9.17, 15) is 4.79 Å². The van der Waals surface area contributed by atoms with E-state index in [1.54, 1.807) is 0 Å². The fraction of sp³-hybridized carbons (Fsp3) is 0.609. The molecule has 4 rings (SSSR count). The molecule has 3 atom stereocenters. The fourth-order valence-electron chi connectivity index (χ4n) is 4.83. The third-order valence-corrected chi connectivity index (χ3v) is 6.39. The van der Waals surface area contributed by atoms with Crippen LogP contribution in [0, 0.1) is 0 Å². The Labute approximate surface area is 162 Å². The molecule has 1 saturated carbocycles. The zero-order valence-corrected chi connectivity index (χ0v) is 16.3. The normalized spacial score (nSPS) is 29.9. The summed E-state index contributed by atoms with van der Waals surface area (Å²) in [7, 11) is 0. The van der Waals surface area contributed by atoms with E-state index in [1.165, 1.54) is 23.1 Å². The molecular formula is C23H31NO3. The highest BCUT2D eigenvalue weighted by Gasteiger charge is 2.46. The number of ether oxygens (including phenoxy) is 2. The molecule has 2 aliphatic carbocycles. The number of aryl methyl sites for hydroxylation is 1. The predicted molar refractivity (Wildman–Crippen MR) is 106 cm³/mol. The average molecular weight is 370 g/mol. The number of amides is 1. The van der Waals surface area contributed by atoms with E-state index >= 15 is 0 Å². The minimum atomic E-state index is -0.253. The molecule has 1 heterocycles. The van der Waals surface area contributed by atoms with Crippen LogP contribution in [0.3, 0.4) is 0 Å². The number of carbonyl (C=O) groups excluding carboxylic acids is 1. The second kappa shape index (κ2) is 8.05. The number of benzene rings is 1. The average Bonchev–Trinajstić information content (AvgIpc) is 3.27. The minimum Gasteiger partial charge on any atom is -0.447 e. The molecule has 1 N–H and O–H groups in total. The number of hydrogen-bond acceptors (Lipinski definition) is 3. The first-order valence-electron chi connectivity index (χ1n) is 10.5. The van der Waals surface area contributed by atoms with Gasteiger partial charge in [0, 0.05) is 0 Å². The number of cyclic esters (lactones) is 1. The highest BCUT2D eigenvalue weighted by Crippen LogP contribution is 2.43. The van der Waals surface area contributed by atoms with Crippen LogP contribution in [0.5, 0.6) is 0 Å². The van der Waals surface area contributed by atoms with Crippen molar-refractivity contribution in [3.8, 4) is 0 Å². The standard InChI is InChI=1S/C23H31NO3/c1-2-3-4-5-12-26-21-9-8-17-13-18(6-7-19(17)14-21)20-10-11-23(15-20)16-27-22(25)24-23/h4-7,13,20-21H,2-3,8-12,14-16H2,1H3,(H,24,25)/t20-,21?,23+/m0/s1. The third kappa shape index (κ3) is 4.21. The first kappa shape index (κ1) is 18.5. The molecule has 1 aromatic rings. The molecule has 1 saturated heterocycles. The Hall–Kier alpha value is -1.81. The zero-order chi connectivity index (χ0) is 18.7. The molecule has 1 spiro atoms. The maximum atomic E-state index is 11.4. The van der Waals surface area contributed by atoms with E-state index in [-0.39, 0.29) is 11.6 Å². The van der Waals surface area contributed by atoms with Crippen LogP contribution in [0.1, 0.15) is 68.1 Å². The number of rotatable bonds is 6. The summed E-state index contributed by atoms with van der Waals surface area (Å²) in [6.07, 6.45) is 13.2. The van der Waals surface area contributed by atoms with Crippen LogP contribution in [-0.4, -0.2) is 30.9 Å². The molecule has 2 fully saturated rings. The molecule has 4 nitrogen and oxygen atoms in total. The van der Waals surface area contributed by atoms with Gasteiger partial charge in [0.2, 0.25) is 0 Å². The Morgan fingerprint density at radius 1 is 1.30 bits per heavy atom. The van der Waals surface area contributed by atoms with Crippen LogP contribution in [0.4, 0.5) is 4.79 Å². The van der Waals surface area contributed by atoms with Gasteiger partial charge in [0.25, 0.3) is 0 Å². The maximum Gasteiger partial charge on any atom is 0.407 e. The summed E-state index contributed by atoms with van der Waals surface area (Å²) in [6.45, 7) is 3.45. The molecule has 1 unspecified atom stereocenters. The van der Waals surface area contributed by atoms with Gasteiger partial charge in [-0.1, -0.05) is 43.7 Å². The molecule has 3 aliphatic rings. The summed E-state index contributed by atoms with van der Waals surface area (Å²) < 4.78 is 11.2. The SMILES string of the molecule is CCCC=CCOC1CCc2cc([C@H]3CC[C@]4(COC(=O)N4)C3)ccc2C1. The molecule has 0 aromatic heterocycles. The fourth-order valence-corrected chi connectivity index (χ4v) is 4.83. The third-order valence-electron chi connectivity index (χ3n) is 6.39. The Kier molecular flexibility index (Phi) is 5.53. The maximum absolute atomic E-state index is 11.4. The van der Waals surface area contributed by atoms with Crippen molar-refractivity contribution in [1.82, 2.24) is 5.32 Å². The van der Waals surface area contributed by atoms with Crippen molar-refractivity contribution >= 4 is 6.09 Å². The predicted octanol–water partition coefficient (Wildman–Crippen LogP) is 4.66. The highest BCUT2D eigenvalue weighted by molar-refractivity contribution is 5.70. The van der Waals surface area contributed by atoms with Gasteiger partial charge in [0.05, 0.1) is 18.2 Å². The van der Waals surface area contributed by atoms with Gasteiger partial charge in [0.1, 0.15) is 6.61 Å². The lowest BCUT2D eigenvalue weighted by atomic mass is 9.85. The summed E-state index contributed by atoms with van der Waals surface area (Å²) in [5.41, 5.74) is 4.23. The topological polar surface area (TPSA) is 47.6 Å². The van der Waals surface area contributed by atoms with Crippen LogP contribution in [0.25, 0.3) is 0 Å². The van der Waals surface area contributed by atoms with Crippen LogP contribution in [0.15, 0.2) is 30.4 Å². The highest BCUT2D eigenvalue weighted by atomic mass is 16.6. The van der Waals surface area contributed by atoms with Gasteiger partial charge in [-0.15, -0.1) is 0 Å². The summed E-state index contributed by atoms with van der Waals surface area (Å²) >= 11 is 0. The van der Waals surface area contributed by atoms with Gasteiger partial charge >= 0.3 is 6.09 Å². The van der Waals surface area contributed by atoms with Crippen LogP contribution in [-0.2, 0) is 22.3 Å². The number of allylic oxidation sites excluding steroid dienone is 1. The van der Waals surface area contributed by atoms with Gasteiger partial charge in [-0.2, -0.15) is 0 Å². The van der Waals surface area contributed by atoms with E-state index in [0.29, 0.717) is 18.6 Å². The molecule has 0 radical (unpaired) electrons. The van der Waals surface area contributed by atoms with E-state index in [0.717, 1.165) is 51.6 Å². The van der Waals surface area contributed by atoms with Gasteiger partial charge < -0.3 is 14.8 Å². The number of nitrogens with one attached hydrogen (secondary N) is 1. The molecule has 146 valence electrons. The summed E-state index contributed by atoms with van der Waals surface area (Å²) in [5, 5.41) is 3.05. The van der Waals surface area contributed by atoms with Crippen molar-refractivity contribution in [3.05, 3.63) is 47.0 Å². The smallest absolute Gasteiger partial charge is 0.407 e. The van der Waals surface area contributed by atoms with E-state index in [1.807, 2.05) is 0 Å². The molecule has 1 amide bonds. The summed E-state index contributed by atoms with van der Waals surface area (Å²) in [5.74, 6) is 0.523. The molecule has 27 heavy (non-hydrogen) atoms. The van der Waals surface area contributed by atoms with Crippen molar-refractivity contribution in [2.75, 3.05) is 13.2 Å². The quantitative estimate of drug-likeness (QED) is 0.742. The number of alkyl carbamates (subject to hydrolysis) is 1. The lowest BCUT2D eigenvalue weighted by Gasteiger charge is -2.26. The number of unbranched alkanes of at least 4 members (excludes halogenated alkanes) is 1. The van der Waals surface area contributed by atoms with Gasteiger partial charge in [-0.3, -0.25) is 0 Å². The second-order valence-electron chi connectivity index (χ2n) is 8.41. The van der Waals surface area contributed by atoms with Crippen molar-refractivity contribution in [2.24, 2.45) is 0 Å². The number of hydrogen-bond donors (Lipinski definition) is 1. The van der Waals surface area contributed by atoms with Crippen LogP contribution < -0.4 is 5.32 Å². The lowest BCUT2D eigenvalue weighted by Crippen LogP contribution is -2.40. The molecular weight excluding hydrogens is 338 g/mol. The summed E-state index contributed by atoms with van der Waals surface area (Å²) in [6, 6.07) is 7.01. The number of fused-ring (bicyclic) bond motifs is 1. The molecule has 1 aliphatic heterocycles. The molecule has 1 aromatic carbocycles. The first-order valence-corrected chi connectivity index (χ1v) is 10.5. The monoisotopic (exact) mass is 369 g/mol. The lowest BCUT2D eigenvalue weighted by molar-refractivity contribution is 0.0641. The molecule has 4 heteroatoms. The Morgan fingerprint density at radius 2 is 2.22 bits per heavy atom. The van der Waals surface area contributed by atoms with Crippen LogP contribution >= 0.6 is 0 Å². The van der Waals surface area contributed by atoms with E-state index in [2.05, 4.69) is 42.6 Å². The van der Waals surface area contributed by atoms with Gasteiger partial charge in [-0.05, 0) is 67.6 Å². The Morgan fingerprint density at radius 3 is 3.04 bits per heavy atom. The Balaban J connectivity index is 1.34. The van der Waals surface area contributed by atoms with Crippen molar-refractivity contribution in [1.29, 1.82) is 0 Å². The molecule has 0 bridgehead atoms. The van der Waals surface area contributed by atoms with E-state index < -0.39 is 0 Å². The minimum absolute atomic E-state index is 0.123. The van der Waals surface area contributed by atoms with Crippen LogP contribution in [0.2, 0.25) is 0 Å². The number of carbonyl (C=O) groups is 1. The first-order chi connectivity index (χ1) is 13.2. The Bertz CT molecular complexity index is 714. The van der Waals surface area contributed by atoms with Crippen molar-refractivity contribution in [2.45, 2.75) is 75.9 Å². The zero-order valence-electron chi connectivity index (χ0n) is 16.3. The van der Waals surface area contributed by atoms with Crippen molar-refractivity contribution < 1.29 is 14.3 Å². The largest absolute Gasteiger partial charge is 0.447 e. The summed E-state index contributed by atoms with van der Waals surface area (Å²) in [4.78, 5) is 11.4. The van der Waals surface area contributed by atoms with Gasteiger partial charge in [-0.25, -0.2) is 4.79 Å². The van der Waals surface area contributed by atoms with Crippen molar-refractivity contribution in [3.63, 3.8) is 0 Å². The van der Waals surface area contributed by atoms with Gasteiger partial charge in [0.15, 0.2) is 0 Å². The second-order valence-corrected chi connectivity index (χ2v) is 8.41. The van der Waals surface area contributed by atoms with E-state index in [4.69, 9.17) is 9.47 Å².